The molecule has 7 rings (SSSR count). The minimum absolute atomic E-state index is 0.183. The van der Waals surface area contributed by atoms with Crippen LogP contribution in [0.3, 0.4) is 0 Å². The smallest absolute Gasteiger partial charge is 0.407 e. The molecule has 0 bridgehead atoms. The highest BCUT2D eigenvalue weighted by atomic mass is 32.2. The molecule has 1 aliphatic heterocycles. The van der Waals surface area contributed by atoms with Crippen LogP contribution in [0.4, 0.5) is 16.7 Å². The fraction of sp³-hybridized carbons (Fsp3) is 0.449. The fourth-order valence-electron chi connectivity index (χ4n) is 8.43. The first-order valence-corrected chi connectivity index (χ1v) is 25.9. The summed E-state index contributed by atoms with van der Waals surface area (Å²) in [5, 5.41) is 14.0. The van der Waals surface area contributed by atoms with Gasteiger partial charge in [0.2, 0.25) is 23.7 Å². The minimum Gasteiger partial charge on any atom is -0.491 e. The first kappa shape index (κ1) is 53.0. The lowest BCUT2D eigenvalue weighted by Gasteiger charge is -2.34. The lowest BCUT2D eigenvalue weighted by atomic mass is 10.1. The summed E-state index contributed by atoms with van der Waals surface area (Å²) < 4.78 is 17.1. The van der Waals surface area contributed by atoms with E-state index >= 15 is 0 Å². The Labute approximate surface area is 426 Å². The molecule has 1 aliphatic rings. The van der Waals surface area contributed by atoms with E-state index in [9.17, 15) is 24.0 Å². The zero-order chi connectivity index (χ0) is 51.9. The molecule has 2 aromatic carbocycles. The minimum atomic E-state index is -0.661. The number of nitrogens with one attached hydrogen (secondary N) is 3. The van der Waals surface area contributed by atoms with E-state index in [1.165, 1.54) is 23.1 Å². The molecule has 0 aliphatic carbocycles. The van der Waals surface area contributed by atoms with Gasteiger partial charge < -0.3 is 40.3 Å². The molecule has 384 valence electrons. The third-order valence-corrected chi connectivity index (χ3v) is 13.6. The molecule has 0 spiro atoms. The monoisotopic (exact) mass is 1020 g/mol. The number of primary amides is 2. The number of fused-ring (bicyclic) bond motifs is 2. The number of piperazine rings is 1. The van der Waals surface area contributed by atoms with Gasteiger partial charge in [-0.25, -0.2) is 19.7 Å². The third kappa shape index (κ3) is 12.8. The largest absolute Gasteiger partial charge is 0.491 e. The van der Waals surface area contributed by atoms with Crippen LogP contribution in [0.15, 0.2) is 47.4 Å². The van der Waals surface area contributed by atoms with E-state index in [4.69, 9.17) is 30.9 Å². The number of ether oxygens (including phenoxy) is 2. The number of nitrogens with two attached hydrogens (primary N) is 2. The van der Waals surface area contributed by atoms with E-state index in [1.807, 2.05) is 76.0 Å². The number of nitrogens with zero attached hydrogens (tertiary/aromatic N) is 9. The lowest BCUT2D eigenvalue weighted by molar-refractivity contribution is 0.0515. The van der Waals surface area contributed by atoms with Gasteiger partial charge in [0.15, 0.2) is 0 Å². The number of allylic oxidation sites excluding steroid dienone is 2. The van der Waals surface area contributed by atoms with Crippen LogP contribution in [0, 0.1) is 13.8 Å². The summed E-state index contributed by atoms with van der Waals surface area (Å²) in [6.45, 7) is 19.6. The molecule has 0 radical (unpaired) electrons. The highest BCUT2D eigenvalue weighted by Crippen LogP contribution is 2.34. The number of aryl methyl sites for hydroxylation is 4. The van der Waals surface area contributed by atoms with Crippen LogP contribution < -0.4 is 32.2 Å². The lowest BCUT2D eigenvalue weighted by Crippen LogP contribution is -2.48. The molecule has 6 aromatic rings. The van der Waals surface area contributed by atoms with Crippen LogP contribution in [0.5, 0.6) is 5.75 Å². The highest BCUT2D eigenvalue weighted by Gasteiger charge is 2.25. The van der Waals surface area contributed by atoms with Crippen LogP contribution in [0.25, 0.3) is 22.1 Å². The molecule has 0 atom stereocenters. The summed E-state index contributed by atoms with van der Waals surface area (Å²) in [7, 11) is 0. The Hall–Kier alpha value is -6.82. The van der Waals surface area contributed by atoms with Crippen molar-refractivity contribution in [3.63, 3.8) is 0 Å². The highest BCUT2D eigenvalue weighted by molar-refractivity contribution is 7.98. The summed E-state index contributed by atoms with van der Waals surface area (Å²) >= 11 is 2.71. The average molecular weight is 1030 g/mol. The van der Waals surface area contributed by atoms with Gasteiger partial charge in [-0.05, 0) is 91.0 Å². The van der Waals surface area contributed by atoms with Gasteiger partial charge in [-0.15, -0.1) is 23.1 Å². The zero-order valence-corrected chi connectivity index (χ0v) is 43.7. The second kappa shape index (κ2) is 23.2. The van der Waals surface area contributed by atoms with Crippen LogP contribution in [-0.4, -0.2) is 138 Å². The van der Waals surface area contributed by atoms with Crippen molar-refractivity contribution in [3.05, 3.63) is 80.6 Å². The van der Waals surface area contributed by atoms with Crippen LogP contribution in [0.1, 0.15) is 98.3 Å². The van der Waals surface area contributed by atoms with E-state index in [1.54, 1.807) is 35.0 Å². The van der Waals surface area contributed by atoms with Crippen molar-refractivity contribution in [2.24, 2.45) is 11.5 Å². The van der Waals surface area contributed by atoms with Gasteiger partial charge in [-0.1, -0.05) is 19.1 Å². The van der Waals surface area contributed by atoms with Gasteiger partial charge in [-0.2, -0.15) is 5.10 Å². The van der Waals surface area contributed by atoms with Crippen molar-refractivity contribution in [2.75, 3.05) is 69.3 Å². The Morgan fingerprint density at radius 1 is 0.806 bits per heavy atom. The van der Waals surface area contributed by atoms with Crippen molar-refractivity contribution in [1.29, 1.82) is 0 Å². The van der Waals surface area contributed by atoms with Crippen LogP contribution >= 0.6 is 23.1 Å². The maximum Gasteiger partial charge on any atom is 0.407 e. The van der Waals surface area contributed by atoms with Gasteiger partial charge in [0, 0.05) is 81.5 Å². The Kier molecular flexibility index (Phi) is 17.0. The van der Waals surface area contributed by atoms with Gasteiger partial charge in [0.25, 0.3) is 11.8 Å². The number of aromatic nitrogens is 7. The summed E-state index contributed by atoms with van der Waals surface area (Å²) in [6.07, 6.45) is 6.50. The number of hydrogen-bond acceptors (Lipinski definition) is 15. The third-order valence-electron chi connectivity index (χ3n) is 11.8. The molecule has 0 saturated carbocycles. The van der Waals surface area contributed by atoms with Crippen LogP contribution in [0.2, 0.25) is 0 Å². The maximum absolute atomic E-state index is 14.0. The number of rotatable bonds is 21. The summed E-state index contributed by atoms with van der Waals surface area (Å²) in [5.74, 6) is -1.22. The summed E-state index contributed by atoms with van der Waals surface area (Å²) in [4.78, 5) is 85.0. The molecule has 5 heterocycles. The van der Waals surface area contributed by atoms with Gasteiger partial charge >= 0.3 is 6.09 Å². The standard InChI is InChI=1S/C49H64N14O7S2/c1-9-33-41(72-30(4)53-33)45(67)57-47-54-34-25-31(42(50)64)27-37(69-23-13-15-59-19-21-60(22-20-59)18-14-52-48(68)70-49(5,6)7)39(34)61(47)16-11-12-17-62-40-35(26-32(43(51)65)28-38(40)71-8)55-46(62)56-44(66)36-24-29(3)58-63(36)10-2/h11-12,24-28H,9-10,13-23H2,1-8H3,(H2,50,64)(H2,51,65)(H,52,68)(H,54,57,67)(H,55,56,66)/b12-11+. The van der Waals surface area contributed by atoms with E-state index < -0.39 is 29.4 Å². The summed E-state index contributed by atoms with van der Waals surface area (Å²) in [6, 6.07) is 8.21. The Balaban J connectivity index is 1.14. The number of thioether (sulfide) groups is 1. The molecule has 72 heavy (non-hydrogen) atoms. The van der Waals surface area contributed by atoms with Crippen molar-refractivity contribution < 1.29 is 33.4 Å². The van der Waals surface area contributed by atoms with Crippen molar-refractivity contribution in [2.45, 2.75) is 91.4 Å². The average Bonchev–Trinajstić information content (AvgIpc) is 4.10. The first-order valence-electron chi connectivity index (χ1n) is 23.9. The van der Waals surface area contributed by atoms with Gasteiger partial charge in [0.1, 0.15) is 27.4 Å². The number of anilines is 2. The number of carbonyl (C=O) groups excluding carboxylic acids is 5. The molecule has 4 aromatic heterocycles. The van der Waals surface area contributed by atoms with E-state index in [0.29, 0.717) is 82.3 Å². The normalized spacial score (nSPS) is 13.6. The molecule has 1 fully saturated rings. The van der Waals surface area contributed by atoms with Crippen molar-refractivity contribution in [1.82, 2.24) is 49.0 Å². The molecule has 23 heteroatoms. The Morgan fingerprint density at radius 3 is 2.00 bits per heavy atom. The Morgan fingerprint density at radius 2 is 1.40 bits per heavy atom. The van der Waals surface area contributed by atoms with Crippen molar-refractivity contribution >= 4 is 86.8 Å². The molecule has 7 N–H and O–H groups in total. The van der Waals surface area contributed by atoms with Gasteiger partial charge in [-0.3, -0.25) is 39.4 Å². The maximum atomic E-state index is 14.0. The SMILES string of the molecule is CCc1nc(C)sc1C(=O)Nc1nc2cc(C(N)=O)cc(OCCCN3CCN(CCNC(=O)OC(C)(C)C)CC3)c2n1C/C=C/Cn1c(NC(=O)c2cc(C)nn2CC)nc2cc(C(N)=O)cc(SC)c21. The van der Waals surface area contributed by atoms with E-state index in [-0.39, 0.29) is 42.0 Å². The molecule has 5 amide bonds. The predicted octanol–water partition coefficient (Wildman–Crippen LogP) is 5.83. The second-order valence-electron chi connectivity index (χ2n) is 18.3. The fourth-order valence-corrected chi connectivity index (χ4v) is 9.99. The Bertz CT molecular complexity index is 3010. The number of amides is 5. The predicted molar refractivity (Wildman–Crippen MR) is 279 cm³/mol. The van der Waals surface area contributed by atoms with E-state index in [2.05, 4.69) is 35.8 Å². The topological polar surface area (TPSA) is 265 Å². The number of thiazole rings is 1. The summed E-state index contributed by atoms with van der Waals surface area (Å²) in [5.41, 5.74) is 15.3. The first-order chi connectivity index (χ1) is 34.4. The van der Waals surface area contributed by atoms with Gasteiger partial charge in [0.05, 0.1) is 39.6 Å². The molecular formula is C49H64N14O7S2. The molecule has 0 unspecified atom stereocenters. The number of carbonyl (C=O) groups is 5. The van der Waals surface area contributed by atoms with Crippen LogP contribution in [-0.2, 0) is 30.8 Å². The number of alkyl carbamates (subject to hydrolysis) is 1. The second-order valence-corrected chi connectivity index (χ2v) is 20.3. The number of hydrogen-bond donors (Lipinski definition) is 5. The molecular weight excluding hydrogens is 961 g/mol. The number of imidazole rings is 2. The zero-order valence-electron chi connectivity index (χ0n) is 42.1. The van der Waals surface area contributed by atoms with E-state index in [0.717, 1.165) is 49.2 Å². The number of benzene rings is 2. The van der Waals surface area contributed by atoms with Crippen molar-refractivity contribution in [3.8, 4) is 5.75 Å². The molecule has 1 saturated heterocycles. The quantitative estimate of drug-likeness (QED) is 0.0323. The molecule has 21 nitrogen and oxygen atoms in total.